The Morgan fingerprint density at radius 1 is 0.938 bits per heavy atom. The molecule has 0 aliphatic carbocycles. The maximum absolute atomic E-state index is 14.8. The van der Waals surface area contributed by atoms with Gasteiger partial charge >= 0.3 is 5.97 Å². The second kappa shape index (κ2) is 14.4. The summed E-state index contributed by atoms with van der Waals surface area (Å²) in [4.78, 5) is 61.9. The lowest BCUT2D eigenvalue weighted by Gasteiger charge is -2.36. The van der Waals surface area contributed by atoms with Crippen LogP contribution in [0.5, 0.6) is 0 Å². The summed E-state index contributed by atoms with van der Waals surface area (Å²) in [6.07, 6.45) is 5.60. The maximum atomic E-state index is 14.8. The number of carbonyl (C=O) groups is 4. The highest BCUT2D eigenvalue weighted by molar-refractivity contribution is 9.11. The molecule has 1 spiro atoms. The number of benzene rings is 2. The van der Waals surface area contributed by atoms with Gasteiger partial charge in [-0.25, -0.2) is 0 Å². The number of allylic oxidation sites excluding steroid dienone is 1. The van der Waals surface area contributed by atoms with Crippen molar-refractivity contribution in [2.24, 2.45) is 11.8 Å². The standard InChI is InChI=1S/C37H42BrN3O7/c1-24-31(26-16-8-4-9-17-26)47-36(46)29-30-34(44)41(20-12-13-21-42)33(37(30)22-27(38)32(29)48-37)35(45)40(23-25-14-6-3-7-15-25)19-11-5-10-18-28(43)39(24)2/h3-9,11,14-17,22,24,29-33,42H,10,12-13,18-21,23H2,1-2H3/b11-5-/t24-,29+,30-,31+,32+,33+,37-/m1/s1. The van der Waals surface area contributed by atoms with Crippen LogP contribution < -0.4 is 0 Å². The van der Waals surface area contributed by atoms with Crippen LogP contribution in [0.3, 0.4) is 0 Å². The predicted molar refractivity (Wildman–Crippen MR) is 181 cm³/mol. The van der Waals surface area contributed by atoms with Crippen LogP contribution in [0, 0.1) is 11.8 Å². The van der Waals surface area contributed by atoms with Gasteiger partial charge in [-0.3, -0.25) is 19.2 Å². The van der Waals surface area contributed by atoms with Crippen LogP contribution >= 0.6 is 15.9 Å². The number of carbonyl (C=O) groups excluding carboxylic acids is 4. The number of esters is 1. The second-order valence-electron chi connectivity index (χ2n) is 13.0. The summed E-state index contributed by atoms with van der Waals surface area (Å²) in [5.41, 5.74) is 0.244. The van der Waals surface area contributed by atoms with E-state index < -0.39 is 47.7 Å². The predicted octanol–water partition coefficient (Wildman–Crippen LogP) is 4.14. The Morgan fingerprint density at radius 2 is 1.65 bits per heavy atom. The molecule has 2 fully saturated rings. The highest BCUT2D eigenvalue weighted by Crippen LogP contribution is 2.59. The molecular formula is C37H42BrN3O7. The summed E-state index contributed by atoms with van der Waals surface area (Å²) in [6.45, 7) is 2.56. The largest absolute Gasteiger partial charge is 0.455 e. The number of unbranched alkanes of at least 4 members (excludes halogenated alkanes) is 1. The first-order valence-corrected chi connectivity index (χ1v) is 17.4. The fourth-order valence-corrected chi connectivity index (χ4v) is 8.27. The van der Waals surface area contributed by atoms with Gasteiger partial charge in [0.1, 0.15) is 29.8 Å². The number of hydrogen-bond acceptors (Lipinski definition) is 7. The van der Waals surface area contributed by atoms with E-state index in [4.69, 9.17) is 9.47 Å². The lowest BCUT2D eigenvalue weighted by molar-refractivity contribution is -0.164. The van der Waals surface area contributed by atoms with Crippen LogP contribution in [0.25, 0.3) is 0 Å². The first-order chi connectivity index (χ1) is 23.2. The van der Waals surface area contributed by atoms with Crippen molar-refractivity contribution in [3.05, 3.63) is 94.5 Å². The minimum atomic E-state index is -1.40. The van der Waals surface area contributed by atoms with Crippen LogP contribution in [0.2, 0.25) is 0 Å². The summed E-state index contributed by atoms with van der Waals surface area (Å²) in [7, 11) is 1.71. The Kier molecular flexibility index (Phi) is 10.2. The van der Waals surface area contributed by atoms with Gasteiger partial charge in [-0.2, -0.15) is 0 Å². The molecule has 10 nitrogen and oxygen atoms in total. The minimum absolute atomic E-state index is 0.0465. The summed E-state index contributed by atoms with van der Waals surface area (Å²) >= 11 is 3.62. The van der Waals surface area contributed by atoms with Gasteiger partial charge in [-0.05, 0) is 43.4 Å². The van der Waals surface area contributed by atoms with Crippen LogP contribution in [-0.4, -0.2) is 94.0 Å². The van der Waals surface area contributed by atoms with Crippen molar-refractivity contribution in [3.63, 3.8) is 0 Å². The van der Waals surface area contributed by atoms with Crippen molar-refractivity contribution in [1.29, 1.82) is 0 Å². The van der Waals surface area contributed by atoms with Gasteiger partial charge < -0.3 is 29.3 Å². The monoisotopic (exact) mass is 719 g/mol. The molecule has 6 rings (SSSR count). The van der Waals surface area contributed by atoms with E-state index in [1.54, 1.807) is 27.8 Å². The van der Waals surface area contributed by atoms with Gasteiger partial charge in [0.2, 0.25) is 17.7 Å². The summed E-state index contributed by atoms with van der Waals surface area (Å²) in [5.74, 6) is -3.39. The van der Waals surface area contributed by atoms with Gasteiger partial charge in [0, 0.05) is 44.2 Å². The Morgan fingerprint density at radius 3 is 2.35 bits per heavy atom. The van der Waals surface area contributed by atoms with Gasteiger partial charge in [-0.1, -0.05) is 88.7 Å². The van der Waals surface area contributed by atoms with Crippen molar-refractivity contribution in [2.45, 2.75) is 69.0 Å². The Balaban J connectivity index is 1.44. The van der Waals surface area contributed by atoms with Crippen molar-refractivity contribution in [2.75, 3.05) is 26.7 Å². The minimum Gasteiger partial charge on any atom is -0.455 e. The fraction of sp³-hybridized carbons (Fsp3) is 0.459. The number of halogens is 1. The van der Waals surface area contributed by atoms with Crippen LogP contribution in [0.15, 0.2) is 83.4 Å². The number of hydrogen-bond donors (Lipinski definition) is 1. The Bertz CT molecular complexity index is 1580. The zero-order chi connectivity index (χ0) is 34.0. The molecule has 3 amide bonds. The highest BCUT2D eigenvalue weighted by atomic mass is 79.9. The average molecular weight is 721 g/mol. The van der Waals surface area contributed by atoms with E-state index in [1.165, 1.54) is 0 Å². The quantitative estimate of drug-likeness (QED) is 0.260. The third kappa shape index (κ3) is 6.23. The first kappa shape index (κ1) is 34.1. The first-order valence-electron chi connectivity index (χ1n) is 16.6. The van der Waals surface area contributed by atoms with E-state index in [0.717, 1.165) is 11.1 Å². The smallest absolute Gasteiger partial charge is 0.313 e. The van der Waals surface area contributed by atoms with Crippen molar-refractivity contribution < 1.29 is 33.8 Å². The van der Waals surface area contributed by atoms with Crippen molar-refractivity contribution in [1.82, 2.24) is 14.7 Å². The average Bonchev–Trinajstić information content (AvgIpc) is 3.69. The van der Waals surface area contributed by atoms with Crippen LogP contribution in [-0.2, 0) is 35.2 Å². The van der Waals surface area contributed by atoms with Crippen LogP contribution in [0.4, 0.5) is 0 Å². The number of amides is 3. The normalized spacial score (nSPS) is 31.6. The number of rotatable bonds is 7. The summed E-state index contributed by atoms with van der Waals surface area (Å²) in [5, 5.41) is 9.54. The van der Waals surface area contributed by atoms with E-state index in [0.29, 0.717) is 23.7 Å². The Hall–Kier alpha value is -3.80. The summed E-state index contributed by atoms with van der Waals surface area (Å²) in [6, 6.07) is 17.3. The molecular weight excluding hydrogens is 678 g/mol. The number of aliphatic hydroxyl groups excluding tert-OH is 1. The van der Waals surface area contributed by atoms with E-state index in [1.807, 2.05) is 79.7 Å². The summed E-state index contributed by atoms with van der Waals surface area (Å²) < 4.78 is 13.5. The SMILES string of the molecule is C[C@@H]1[C@@H](c2ccccc2)OC(=O)[C@@H]2[C@H]3O[C@@]4(C=C3Br)[C@H](C(=O)N(Cc3ccccc3)C/C=C\CCC(=O)N1C)N(CCCCO)C(=O)[C@@H]24. The molecule has 1 N–H and O–H groups in total. The van der Waals surface area contributed by atoms with Gasteiger partial charge in [0.15, 0.2) is 0 Å². The molecule has 2 saturated heterocycles. The lowest BCUT2D eigenvalue weighted by Crippen LogP contribution is -2.55. The van der Waals surface area contributed by atoms with E-state index in [2.05, 4.69) is 15.9 Å². The third-order valence-electron chi connectivity index (χ3n) is 10.1. The van der Waals surface area contributed by atoms with Gasteiger partial charge in [-0.15, -0.1) is 0 Å². The highest BCUT2D eigenvalue weighted by Gasteiger charge is 2.75. The van der Waals surface area contributed by atoms with E-state index in [-0.39, 0.29) is 50.4 Å². The second-order valence-corrected chi connectivity index (χ2v) is 13.9. The number of aliphatic hydroxyl groups is 1. The van der Waals surface area contributed by atoms with Crippen LogP contribution in [0.1, 0.15) is 49.8 Å². The topological polar surface area (TPSA) is 117 Å². The maximum Gasteiger partial charge on any atom is 0.313 e. The third-order valence-corrected chi connectivity index (χ3v) is 10.8. The Labute approximate surface area is 289 Å². The molecule has 7 atom stereocenters. The lowest BCUT2D eigenvalue weighted by atomic mass is 9.74. The number of likely N-dealkylation sites (tertiary alicyclic amines) is 1. The number of nitrogens with zero attached hydrogens (tertiary/aromatic N) is 3. The van der Waals surface area contributed by atoms with Gasteiger partial charge in [0.25, 0.3) is 0 Å². The zero-order valence-electron chi connectivity index (χ0n) is 27.2. The molecule has 254 valence electrons. The molecule has 0 unspecified atom stereocenters. The molecule has 0 saturated carbocycles. The van der Waals surface area contributed by atoms with Crippen molar-refractivity contribution >= 4 is 39.6 Å². The molecule has 5 bridgehead atoms. The molecule has 0 radical (unpaired) electrons. The number of fused-ring (bicyclic) bond motifs is 2. The molecule has 2 aromatic carbocycles. The zero-order valence-corrected chi connectivity index (χ0v) is 28.8. The fourth-order valence-electron chi connectivity index (χ4n) is 7.53. The van der Waals surface area contributed by atoms with E-state index in [9.17, 15) is 24.3 Å². The molecule has 0 aromatic heterocycles. The molecule has 2 aromatic rings. The number of cyclic esters (lactones) is 1. The number of ether oxygens (including phenoxy) is 2. The molecule has 48 heavy (non-hydrogen) atoms. The van der Waals surface area contributed by atoms with Gasteiger partial charge in [0.05, 0.1) is 12.0 Å². The van der Waals surface area contributed by atoms with E-state index >= 15 is 0 Å². The molecule has 4 aliphatic heterocycles. The van der Waals surface area contributed by atoms with Crippen molar-refractivity contribution in [3.8, 4) is 0 Å². The molecule has 4 aliphatic rings. The molecule has 11 heteroatoms. The molecule has 4 heterocycles. The number of likely N-dealkylation sites (N-methyl/N-ethyl adjacent to an activating group) is 1.